The molecule has 4 atom stereocenters. The third-order valence-corrected chi connectivity index (χ3v) is 3.20. The number of H-pyrrole nitrogens is 2. The quantitative estimate of drug-likeness (QED) is 0.415. The molecule has 0 amide bonds. The number of rotatable bonds is 2. The van der Waals surface area contributed by atoms with Crippen molar-refractivity contribution in [1.29, 1.82) is 0 Å². The Bertz CT molecular complexity index is 653. The predicted molar refractivity (Wildman–Crippen MR) is 61.2 cm³/mol. The summed E-state index contributed by atoms with van der Waals surface area (Å²) in [5, 5.41) is 35.0. The fourth-order valence-electron chi connectivity index (χ4n) is 2.20. The van der Waals surface area contributed by atoms with Crippen LogP contribution in [-0.4, -0.2) is 60.4 Å². The van der Waals surface area contributed by atoms with Gasteiger partial charge in [0, 0.05) is 0 Å². The summed E-state index contributed by atoms with van der Waals surface area (Å²) in [4.78, 5) is 17.9. The van der Waals surface area contributed by atoms with Gasteiger partial charge in [-0.15, -0.1) is 0 Å². The Balaban J connectivity index is 2.06. The van der Waals surface area contributed by atoms with Gasteiger partial charge in [0.15, 0.2) is 5.52 Å². The van der Waals surface area contributed by atoms with Crippen molar-refractivity contribution >= 4 is 11.0 Å². The normalized spacial score (nSPS) is 31.1. The van der Waals surface area contributed by atoms with Gasteiger partial charge in [0.2, 0.25) is 0 Å². The molecule has 3 heterocycles. The summed E-state index contributed by atoms with van der Waals surface area (Å²) in [5.74, 6) is 0. The van der Waals surface area contributed by atoms with Crippen molar-refractivity contribution in [2.24, 2.45) is 0 Å². The van der Waals surface area contributed by atoms with Crippen LogP contribution < -0.4 is 5.56 Å². The lowest BCUT2D eigenvalue weighted by Gasteiger charge is -2.12. The van der Waals surface area contributed by atoms with Crippen LogP contribution in [0.2, 0.25) is 0 Å². The SMILES string of the molecule is O=c1[nH]cnc2c([C@@H]3O[C@H](CO)C(O)[C@@H]3O)[nH]nc12. The summed E-state index contributed by atoms with van der Waals surface area (Å²) in [5.41, 5.74) is 0.233. The maximum absolute atomic E-state index is 11.5. The summed E-state index contributed by atoms with van der Waals surface area (Å²) in [6, 6.07) is 0. The number of nitrogens with zero attached hydrogens (tertiary/aromatic N) is 2. The Morgan fingerprint density at radius 3 is 2.79 bits per heavy atom. The van der Waals surface area contributed by atoms with E-state index in [0.717, 1.165) is 0 Å². The Morgan fingerprint density at radius 2 is 2.11 bits per heavy atom. The van der Waals surface area contributed by atoms with Crippen LogP contribution >= 0.6 is 0 Å². The second kappa shape index (κ2) is 4.38. The van der Waals surface area contributed by atoms with Crippen LogP contribution in [0.3, 0.4) is 0 Å². The first kappa shape index (κ1) is 12.2. The van der Waals surface area contributed by atoms with Crippen LogP contribution in [0, 0.1) is 0 Å². The molecule has 1 aliphatic heterocycles. The van der Waals surface area contributed by atoms with Crippen molar-refractivity contribution < 1.29 is 20.1 Å². The molecule has 1 fully saturated rings. The standard InChI is InChI=1S/C10H12N4O5/c15-1-3-7(16)8(17)9(19-3)5-4-6(14-13-5)10(18)12-2-11-4/h2-3,7-9,15-17H,1H2,(H,13,14)(H,11,12,18)/t3-,7?,8+,9+/m1/s1. The van der Waals surface area contributed by atoms with Crippen LogP contribution in [0.25, 0.3) is 11.0 Å². The van der Waals surface area contributed by atoms with Crippen molar-refractivity contribution in [2.45, 2.75) is 24.4 Å². The molecule has 0 aliphatic carbocycles. The highest BCUT2D eigenvalue weighted by Gasteiger charge is 2.44. The largest absolute Gasteiger partial charge is 0.394 e. The number of fused-ring (bicyclic) bond motifs is 1. The smallest absolute Gasteiger partial charge is 0.279 e. The third-order valence-electron chi connectivity index (χ3n) is 3.20. The predicted octanol–water partition coefficient (Wildman–Crippen LogP) is -2.20. The number of aromatic amines is 2. The monoisotopic (exact) mass is 268 g/mol. The first-order chi connectivity index (χ1) is 9.13. The number of aliphatic hydroxyl groups is 3. The molecule has 102 valence electrons. The van der Waals surface area contributed by atoms with Gasteiger partial charge < -0.3 is 25.0 Å². The summed E-state index contributed by atoms with van der Waals surface area (Å²) in [6.45, 7) is -0.422. The summed E-state index contributed by atoms with van der Waals surface area (Å²) < 4.78 is 5.35. The van der Waals surface area contributed by atoms with Crippen LogP contribution in [0.15, 0.2) is 11.1 Å². The van der Waals surface area contributed by atoms with Gasteiger partial charge in [-0.05, 0) is 0 Å². The lowest BCUT2D eigenvalue weighted by Crippen LogP contribution is -2.32. The van der Waals surface area contributed by atoms with Gasteiger partial charge in [-0.1, -0.05) is 0 Å². The number of hydrogen-bond acceptors (Lipinski definition) is 7. The molecule has 0 saturated carbocycles. The van der Waals surface area contributed by atoms with Crippen LogP contribution in [0.5, 0.6) is 0 Å². The number of ether oxygens (including phenoxy) is 1. The zero-order valence-electron chi connectivity index (χ0n) is 9.65. The molecular formula is C10H12N4O5. The van der Waals surface area contributed by atoms with Gasteiger partial charge in [-0.25, -0.2) is 4.98 Å². The topological polar surface area (TPSA) is 144 Å². The first-order valence-electron chi connectivity index (χ1n) is 5.67. The van der Waals surface area contributed by atoms with Gasteiger partial charge >= 0.3 is 0 Å². The van der Waals surface area contributed by atoms with E-state index in [2.05, 4.69) is 20.2 Å². The van der Waals surface area contributed by atoms with Crippen LogP contribution in [-0.2, 0) is 4.74 Å². The molecule has 19 heavy (non-hydrogen) atoms. The van der Waals surface area contributed by atoms with Gasteiger partial charge in [-0.2, -0.15) is 5.10 Å². The molecule has 0 spiro atoms. The third kappa shape index (κ3) is 1.75. The molecule has 9 nitrogen and oxygen atoms in total. The molecule has 5 N–H and O–H groups in total. The molecule has 2 aromatic heterocycles. The zero-order chi connectivity index (χ0) is 13.6. The minimum absolute atomic E-state index is 0.0928. The molecule has 3 rings (SSSR count). The summed E-state index contributed by atoms with van der Waals surface area (Å²) in [7, 11) is 0. The Hall–Kier alpha value is -1.81. The highest BCUT2D eigenvalue weighted by Crippen LogP contribution is 2.34. The van der Waals surface area contributed by atoms with E-state index in [1.807, 2.05) is 0 Å². The van der Waals surface area contributed by atoms with E-state index < -0.39 is 36.6 Å². The molecule has 0 radical (unpaired) electrons. The van der Waals surface area contributed by atoms with Crippen molar-refractivity contribution in [1.82, 2.24) is 20.2 Å². The average molecular weight is 268 g/mol. The first-order valence-corrected chi connectivity index (χ1v) is 5.67. The van der Waals surface area contributed by atoms with Gasteiger partial charge in [0.1, 0.15) is 29.9 Å². The number of hydrogen-bond donors (Lipinski definition) is 5. The maximum Gasteiger partial charge on any atom is 0.279 e. The van der Waals surface area contributed by atoms with Crippen molar-refractivity contribution in [2.75, 3.05) is 6.61 Å². The van der Waals surface area contributed by atoms with E-state index in [1.54, 1.807) is 0 Å². The number of nitrogens with one attached hydrogen (secondary N) is 2. The van der Waals surface area contributed by atoms with Crippen LogP contribution in [0.1, 0.15) is 11.8 Å². The van der Waals surface area contributed by atoms with E-state index in [4.69, 9.17) is 9.84 Å². The van der Waals surface area contributed by atoms with E-state index in [0.29, 0.717) is 5.69 Å². The molecular weight excluding hydrogens is 256 g/mol. The average Bonchev–Trinajstić information content (AvgIpc) is 2.94. The van der Waals surface area contributed by atoms with Gasteiger partial charge in [-0.3, -0.25) is 9.89 Å². The summed E-state index contributed by atoms with van der Waals surface area (Å²) in [6.07, 6.45) is -3.05. The molecule has 2 aromatic rings. The van der Waals surface area contributed by atoms with Crippen molar-refractivity contribution in [3.8, 4) is 0 Å². The fourth-order valence-corrected chi connectivity index (χ4v) is 2.20. The summed E-state index contributed by atoms with van der Waals surface area (Å²) >= 11 is 0. The highest BCUT2D eigenvalue weighted by molar-refractivity contribution is 5.75. The second-order valence-electron chi connectivity index (χ2n) is 4.33. The van der Waals surface area contributed by atoms with E-state index in [9.17, 15) is 15.0 Å². The van der Waals surface area contributed by atoms with Gasteiger partial charge in [0.05, 0.1) is 18.6 Å². The maximum atomic E-state index is 11.5. The lowest BCUT2D eigenvalue weighted by molar-refractivity contribution is -0.0236. The van der Waals surface area contributed by atoms with Crippen LogP contribution in [0.4, 0.5) is 0 Å². The van der Waals surface area contributed by atoms with Gasteiger partial charge in [0.25, 0.3) is 5.56 Å². The molecule has 0 aromatic carbocycles. The molecule has 1 unspecified atom stereocenters. The Kier molecular flexibility index (Phi) is 2.82. The van der Waals surface area contributed by atoms with E-state index in [-0.39, 0.29) is 11.0 Å². The fraction of sp³-hybridized carbons (Fsp3) is 0.500. The Morgan fingerprint density at radius 1 is 1.32 bits per heavy atom. The molecule has 9 heteroatoms. The zero-order valence-corrected chi connectivity index (χ0v) is 9.65. The minimum atomic E-state index is -1.23. The number of aliphatic hydroxyl groups excluding tert-OH is 3. The molecule has 1 aliphatic rings. The second-order valence-corrected chi connectivity index (χ2v) is 4.33. The van der Waals surface area contributed by atoms with E-state index in [1.165, 1.54) is 6.33 Å². The highest BCUT2D eigenvalue weighted by atomic mass is 16.6. The number of aromatic nitrogens is 4. The lowest BCUT2D eigenvalue weighted by atomic mass is 10.1. The van der Waals surface area contributed by atoms with E-state index >= 15 is 0 Å². The van der Waals surface area contributed by atoms with Crippen molar-refractivity contribution in [3.63, 3.8) is 0 Å². The van der Waals surface area contributed by atoms with Crippen molar-refractivity contribution in [3.05, 3.63) is 22.4 Å². The minimum Gasteiger partial charge on any atom is -0.394 e. The molecule has 1 saturated heterocycles. The Labute approximate surface area is 105 Å². The molecule has 0 bridgehead atoms.